The van der Waals surface area contributed by atoms with Crippen molar-refractivity contribution in [2.24, 2.45) is 0 Å². The Morgan fingerprint density at radius 1 is 1.06 bits per heavy atom. The number of benzene rings is 2. The average Bonchev–Trinajstić information content (AvgIpc) is 3.23. The van der Waals surface area contributed by atoms with Crippen molar-refractivity contribution in [2.45, 2.75) is 13.0 Å². The maximum Gasteiger partial charge on any atom is 0.255 e. The second-order valence-electron chi connectivity index (χ2n) is 7.38. The second-order valence-corrected chi connectivity index (χ2v) is 8.30. The number of carbonyl (C=O) groups is 1. The molecule has 158 valence electrons. The molecule has 0 fully saturated rings. The molecule has 0 spiro atoms. The van der Waals surface area contributed by atoms with Crippen LogP contribution in [0.4, 0.5) is 11.6 Å². The first-order chi connectivity index (χ1) is 15.6. The van der Waals surface area contributed by atoms with Crippen LogP contribution in [-0.2, 0) is 4.79 Å². The minimum absolute atomic E-state index is 0.207. The number of hydrogen-bond donors (Lipinski definition) is 2. The summed E-state index contributed by atoms with van der Waals surface area (Å²) in [5.74, 6) is 0.943. The number of fused-ring (bicyclic) bond motifs is 1. The van der Waals surface area contributed by atoms with Crippen LogP contribution in [0.25, 0.3) is 11.4 Å². The van der Waals surface area contributed by atoms with E-state index in [1.807, 2.05) is 73.7 Å². The Balaban J connectivity index is 1.59. The summed E-state index contributed by atoms with van der Waals surface area (Å²) in [7, 11) is 0. The SMILES string of the molecule is CC1=C(C(=O)Nc2ccccc2)C(c2cccnc2)n2nc(-c3ccc(Br)cc3)nc2N1. The molecule has 2 N–H and O–H groups in total. The van der Waals surface area contributed by atoms with Crippen molar-refractivity contribution < 1.29 is 4.79 Å². The van der Waals surface area contributed by atoms with Gasteiger partial charge in [0.05, 0.1) is 5.57 Å². The molecule has 2 aromatic heterocycles. The summed E-state index contributed by atoms with van der Waals surface area (Å²) >= 11 is 3.46. The highest BCUT2D eigenvalue weighted by molar-refractivity contribution is 9.10. The van der Waals surface area contributed by atoms with E-state index < -0.39 is 6.04 Å². The van der Waals surface area contributed by atoms with Gasteiger partial charge in [-0.15, -0.1) is 5.10 Å². The lowest BCUT2D eigenvalue weighted by molar-refractivity contribution is -0.113. The highest BCUT2D eigenvalue weighted by Gasteiger charge is 2.34. The second kappa shape index (κ2) is 8.39. The van der Waals surface area contributed by atoms with E-state index in [1.165, 1.54) is 0 Å². The number of nitrogens with zero attached hydrogens (tertiary/aromatic N) is 4. The van der Waals surface area contributed by atoms with Gasteiger partial charge in [0.1, 0.15) is 6.04 Å². The Hall–Kier alpha value is -3.78. The zero-order valence-corrected chi connectivity index (χ0v) is 18.7. The van der Waals surface area contributed by atoms with Gasteiger partial charge in [-0.3, -0.25) is 9.78 Å². The average molecular weight is 487 g/mol. The van der Waals surface area contributed by atoms with Gasteiger partial charge in [-0.2, -0.15) is 4.98 Å². The number of para-hydroxylation sites is 1. The van der Waals surface area contributed by atoms with Gasteiger partial charge in [-0.25, -0.2) is 4.68 Å². The lowest BCUT2D eigenvalue weighted by atomic mass is 9.96. The van der Waals surface area contributed by atoms with E-state index in [1.54, 1.807) is 17.1 Å². The van der Waals surface area contributed by atoms with E-state index >= 15 is 0 Å². The molecule has 7 nitrogen and oxygen atoms in total. The van der Waals surface area contributed by atoms with Crippen molar-refractivity contribution in [3.8, 4) is 11.4 Å². The van der Waals surface area contributed by atoms with Crippen LogP contribution in [0, 0.1) is 0 Å². The quantitative estimate of drug-likeness (QED) is 0.422. The highest BCUT2D eigenvalue weighted by atomic mass is 79.9. The van der Waals surface area contributed by atoms with E-state index in [2.05, 4.69) is 31.5 Å². The molecule has 1 amide bonds. The van der Waals surface area contributed by atoms with Gasteiger partial charge in [0, 0.05) is 33.8 Å². The third-order valence-electron chi connectivity index (χ3n) is 5.23. The number of anilines is 2. The van der Waals surface area contributed by atoms with Crippen LogP contribution in [-0.4, -0.2) is 25.7 Å². The molecule has 32 heavy (non-hydrogen) atoms. The minimum atomic E-state index is -0.472. The Bertz CT molecular complexity index is 1300. The number of pyridine rings is 1. The van der Waals surface area contributed by atoms with E-state index in [0.29, 0.717) is 17.3 Å². The smallest absolute Gasteiger partial charge is 0.255 e. The summed E-state index contributed by atoms with van der Waals surface area (Å²) in [6, 6.07) is 20.5. The van der Waals surface area contributed by atoms with Gasteiger partial charge >= 0.3 is 0 Å². The monoisotopic (exact) mass is 486 g/mol. The van der Waals surface area contributed by atoms with Crippen molar-refractivity contribution in [1.82, 2.24) is 19.7 Å². The molecule has 5 rings (SSSR count). The Labute approximate surface area is 193 Å². The molecule has 4 aromatic rings. The summed E-state index contributed by atoms with van der Waals surface area (Å²) in [5.41, 5.74) is 3.73. The highest BCUT2D eigenvalue weighted by Crippen LogP contribution is 2.36. The van der Waals surface area contributed by atoms with Crippen molar-refractivity contribution in [3.05, 3.63) is 100 Å². The fourth-order valence-corrected chi connectivity index (χ4v) is 4.00. The first-order valence-electron chi connectivity index (χ1n) is 10.1. The van der Waals surface area contributed by atoms with Gasteiger partial charge < -0.3 is 10.6 Å². The summed E-state index contributed by atoms with van der Waals surface area (Å²) in [4.78, 5) is 22.4. The van der Waals surface area contributed by atoms with Crippen LogP contribution in [0.5, 0.6) is 0 Å². The van der Waals surface area contributed by atoms with Crippen LogP contribution in [0.2, 0.25) is 0 Å². The molecule has 1 aliphatic heterocycles. The molecule has 0 aliphatic carbocycles. The predicted molar refractivity (Wildman–Crippen MR) is 127 cm³/mol. The minimum Gasteiger partial charge on any atom is -0.328 e. The van der Waals surface area contributed by atoms with E-state index in [4.69, 9.17) is 10.1 Å². The van der Waals surface area contributed by atoms with Crippen molar-refractivity contribution in [2.75, 3.05) is 10.6 Å². The van der Waals surface area contributed by atoms with Crippen LogP contribution in [0.1, 0.15) is 18.5 Å². The Morgan fingerprint density at radius 2 is 1.84 bits per heavy atom. The van der Waals surface area contributed by atoms with Crippen LogP contribution >= 0.6 is 15.9 Å². The molecule has 2 aromatic carbocycles. The van der Waals surface area contributed by atoms with E-state index in [-0.39, 0.29) is 5.91 Å². The topological polar surface area (TPSA) is 84.7 Å². The third-order valence-corrected chi connectivity index (χ3v) is 5.76. The standard InChI is InChI=1S/C24H19BrN6O/c1-15-20(23(32)28-19-7-3-2-4-8-19)21(17-6-5-13-26-14-17)31-24(27-15)29-22(30-31)16-9-11-18(25)12-10-16/h2-14,21H,1H3,(H,28,32)(H,27,29,30). The Morgan fingerprint density at radius 3 is 2.56 bits per heavy atom. The number of halogens is 1. The first-order valence-corrected chi connectivity index (χ1v) is 10.9. The zero-order chi connectivity index (χ0) is 22.1. The lowest BCUT2D eigenvalue weighted by Crippen LogP contribution is -2.31. The number of allylic oxidation sites excluding steroid dienone is 1. The molecule has 0 radical (unpaired) electrons. The van der Waals surface area contributed by atoms with Crippen LogP contribution in [0.15, 0.2) is 94.9 Å². The van der Waals surface area contributed by atoms with Crippen LogP contribution in [0.3, 0.4) is 0 Å². The first kappa shape index (κ1) is 20.1. The number of nitrogens with one attached hydrogen (secondary N) is 2. The number of hydrogen-bond acceptors (Lipinski definition) is 5. The fraction of sp³-hybridized carbons (Fsp3) is 0.0833. The number of rotatable bonds is 4. The molecule has 3 heterocycles. The summed E-state index contributed by atoms with van der Waals surface area (Å²) < 4.78 is 2.73. The number of carbonyl (C=O) groups excluding carboxylic acids is 1. The number of aromatic nitrogens is 4. The normalized spacial score (nSPS) is 15.1. The van der Waals surface area contributed by atoms with Crippen molar-refractivity contribution in [1.29, 1.82) is 0 Å². The van der Waals surface area contributed by atoms with Crippen LogP contribution < -0.4 is 10.6 Å². The van der Waals surface area contributed by atoms with Crippen molar-refractivity contribution in [3.63, 3.8) is 0 Å². The third kappa shape index (κ3) is 3.80. The maximum atomic E-state index is 13.4. The maximum absolute atomic E-state index is 13.4. The van der Waals surface area contributed by atoms with Gasteiger partial charge in [-0.05, 0) is 42.8 Å². The molecule has 0 saturated carbocycles. The van der Waals surface area contributed by atoms with E-state index in [0.717, 1.165) is 27.0 Å². The molecule has 8 heteroatoms. The fourth-order valence-electron chi connectivity index (χ4n) is 3.73. The molecule has 1 unspecified atom stereocenters. The summed E-state index contributed by atoms with van der Waals surface area (Å²) in [5, 5.41) is 11.0. The zero-order valence-electron chi connectivity index (χ0n) is 17.2. The number of amides is 1. The molecular formula is C24H19BrN6O. The molecule has 1 atom stereocenters. The van der Waals surface area contributed by atoms with E-state index in [9.17, 15) is 4.79 Å². The van der Waals surface area contributed by atoms with Gasteiger partial charge in [-0.1, -0.05) is 52.3 Å². The predicted octanol–water partition coefficient (Wildman–Crippen LogP) is 5.03. The molecule has 0 saturated heterocycles. The summed E-state index contributed by atoms with van der Waals surface area (Å²) in [6.07, 6.45) is 3.46. The van der Waals surface area contributed by atoms with Gasteiger partial charge in [0.25, 0.3) is 5.91 Å². The lowest BCUT2D eigenvalue weighted by Gasteiger charge is -2.28. The molecule has 0 bridgehead atoms. The largest absolute Gasteiger partial charge is 0.328 e. The van der Waals surface area contributed by atoms with Crippen molar-refractivity contribution >= 4 is 33.5 Å². The van der Waals surface area contributed by atoms with Gasteiger partial charge in [0.2, 0.25) is 5.95 Å². The summed E-state index contributed by atoms with van der Waals surface area (Å²) in [6.45, 7) is 1.88. The molecular weight excluding hydrogens is 468 g/mol. The Kier molecular flexibility index (Phi) is 5.28. The molecule has 1 aliphatic rings. The van der Waals surface area contributed by atoms with Gasteiger partial charge in [0.15, 0.2) is 5.82 Å².